The van der Waals surface area contributed by atoms with Crippen LogP contribution in [0.2, 0.25) is 0 Å². The van der Waals surface area contributed by atoms with E-state index < -0.39 is 99.5 Å². The number of carbonyl (C=O) groups excluding carboxylic acids is 2. The van der Waals surface area contributed by atoms with Crippen molar-refractivity contribution in [3.8, 4) is 11.9 Å². The maximum absolute atomic E-state index is 16.6. The predicted molar refractivity (Wildman–Crippen MR) is 174 cm³/mol. The van der Waals surface area contributed by atoms with Crippen molar-refractivity contribution in [3.05, 3.63) is 53.3 Å². The molecule has 0 saturated carbocycles. The number of alkyl carbamates (subject to hydrolysis) is 1. The monoisotopic (exact) mass is 731 g/mol. The van der Waals surface area contributed by atoms with Gasteiger partial charge in [-0.2, -0.15) is 23.1 Å². The second kappa shape index (κ2) is 14.4. The molecule has 1 fully saturated rings. The standard InChI is InChI=1S/C32H35F6N5O6S/c1-15(33)9-10-16(20-14-50-27(39-20)42-28(44)48-30(2,3)4)22-18(32(36,37)38)11-17-24(23(22)35)40-26(46-8)41-25(17)47-21-13-43(12-19(21)34)29(45)49-31(5,6)7/h9-11,19,21H,1,12-14H2,2-8H3,(H,39,42,44)/b10-9-,20-16-. The molecule has 0 spiro atoms. The first-order chi connectivity index (χ1) is 23.1. The highest BCUT2D eigenvalue weighted by molar-refractivity contribution is 8.14. The first-order valence-electron chi connectivity index (χ1n) is 15.0. The van der Waals surface area contributed by atoms with Crippen molar-refractivity contribution in [1.29, 1.82) is 0 Å². The maximum Gasteiger partial charge on any atom is 0.417 e. The molecule has 50 heavy (non-hydrogen) atoms. The van der Waals surface area contributed by atoms with Gasteiger partial charge in [-0.15, -0.1) is 0 Å². The van der Waals surface area contributed by atoms with Crippen molar-refractivity contribution in [2.24, 2.45) is 4.99 Å². The molecule has 1 N–H and O–H groups in total. The van der Waals surface area contributed by atoms with E-state index in [4.69, 9.17) is 18.9 Å². The minimum Gasteiger partial charge on any atom is -0.469 e. The number of hydrogen-bond donors (Lipinski definition) is 1. The third-order valence-corrected chi connectivity index (χ3v) is 7.56. The third-order valence-electron chi connectivity index (χ3n) is 6.68. The largest absolute Gasteiger partial charge is 0.469 e. The highest BCUT2D eigenvalue weighted by Gasteiger charge is 2.41. The molecule has 2 atom stereocenters. The Morgan fingerprint density at radius 3 is 2.30 bits per heavy atom. The van der Waals surface area contributed by atoms with Crippen LogP contribution in [0.25, 0.3) is 16.5 Å². The van der Waals surface area contributed by atoms with Crippen LogP contribution < -0.4 is 14.8 Å². The number of aromatic nitrogens is 2. The average Bonchev–Trinajstić information content (AvgIpc) is 3.57. The van der Waals surface area contributed by atoms with E-state index in [1.165, 1.54) is 0 Å². The Hall–Kier alpha value is -4.48. The van der Waals surface area contributed by atoms with Crippen LogP contribution in [-0.2, 0) is 15.7 Å². The molecular weight excluding hydrogens is 696 g/mol. The summed E-state index contributed by atoms with van der Waals surface area (Å²) in [6.45, 7) is 12.0. The quantitative estimate of drug-likeness (QED) is 0.238. The topological polar surface area (TPSA) is 124 Å². The number of rotatable bonds is 6. The lowest BCUT2D eigenvalue weighted by Gasteiger charge is -2.24. The lowest BCUT2D eigenvalue weighted by atomic mass is 9.94. The van der Waals surface area contributed by atoms with Crippen LogP contribution in [0.4, 0.5) is 35.9 Å². The van der Waals surface area contributed by atoms with Crippen LogP contribution in [-0.4, -0.2) is 81.7 Å². The maximum atomic E-state index is 16.6. The summed E-state index contributed by atoms with van der Waals surface area (Å²) in [6.07, 6.45) is -8.63. The normalized spacial score (nSPS) is 19.5. The number of alkyl halides is 4. The summed E-state index contributed by atoms with van der Waals surface area (Å²) in [7, 11) is 1.11. The predicted octanol–water partition coefficient (Wildman–Crippen LogP) is 7.51. The van der Waals surface area contributed by atoms with Gasteiger partial charge >= 0.3 is 24.4 Å². The van der Waals surface area contributed by atoms with Gasteiger partial charge in [0.25, 0.3) is 0 Å². The Balaban J connectivity index is 1.87. The number of amidine groups is 1. The van der Waals surface area contributed by atoms with Crippen LogP contribution in [0.1, 0.15) is 52.7 Å². The Kier molecular flexibility index (Phi) is 11.0. The Labute approximate surface area is 287 Å². The van der Waals surface area contributed by atoms with Crippen LogP contribution >= 0.6 is 11.8 Å². The fraction of sp³-hybridized carbons (Fsp3) is 0.469. The molecule has 2 aliphatic rings. The molecule has 1 saturated heterocycles. The summed E-state index contributed by atoms with van der Waals surface area (Å²) < 4.78 is 111. The van der Waals surface area contributed by atoms with E-state index in [9.17, 15) is 27.2 Å². The van der Waals surface area contributed by atoms with Gasteiger partial charge < -0.3 is 23.8 Å². The lowest BCUT2D eigenvalue weighted by Crippen LogP contribution is -2.36. The van der Waals surface area contributed by atoms with E-state index in [-0.39, 0.29) is 23.2 Å². The molecule has 272 valence electrons. The molecule has 0 aliphatic carbocycles. The molecular formula is C32H35F6N5O6S. The number of nitrogens with one attached hydrogen (secondary N) is 1. The highest BCUT2D eigenvalue weighted by atomic mass is 32.2. The van der Waals surface area contributed by atoms with Crippen molar-refractivity contribution in [3.63, 3.8) is 0 Å². The minimum atomic E-state index is -5.23. The van der Waals surface area contributed by atoms with E-state index in [2.05, 4.69) is 26.9 Å². The average molecular weight is 732 g/mol. The number of hydrogen-bond acceptors (Lipinski definition) is 10. The SMILES string of the molecule is C=C(F)/C=C\C(=C1/CSC(NC(=O)OC(C)(C)C)=N1)c1c(C(F)(F)F)cc2c(OC3CN(C(=O)OC(C)(C)C)CC3F)nc(OC)nc2c1F. The first-order valence-corrected chi connectivity index (χ1v) is 16.0. The molecule has 0 radical (unpaired) electrons. The molecule has 2 aliphatic heterocycles. The number of fused-ring (bicyclic) bond motifs is 1. The van der Waals surface area contributed by atoms with Crippen LogP contribution in [0.15, 0.2) is 41.3 Å². The summed E-state index contributed by atoms with van der Waals surface area (Å²) in [5, 5.41) is 1.72. The van der Waals surface area contributed by atoms with E-state index in [0.717, 1.165) is 35.9 Å². The van der Waals surface area contributed by atoms with Gasteiger partial charge in [-0.25, -0.2) is 27.8 Å². The van der Waals surface area contributed by atoms with E-state index >= 15 is 8.78 Å². The summed E-state index contributed by atoms with van der Waals surface area (Å²) >= 11 is 0.905. The number of ether oxygens (including phenoxy) is 4. The molecule has 1 aromatic carbocycles. The van der Waals surface area contributed by atoms with Crippen molar-refractivity contribution >= 4 is 45.6 Å². The van der Waals surface area contributed by atoms with Crippen LogP contribution in [0, 0.1) is 5.82 Å². The van der Waals surface area contributed by atoms with Gasteiger partial charge in [0.05, 0.1) is 36.8 Å². The molecule has 2 aromatic rings. The smallest absolute Gasteiger partial charge is 0.417 e. The number of likely N-dealkylation sites (tertiary alicyclic amines) is 1. The summed E-state index contributed by atoms with van der Waals surface area (Å²) in [5.41, 5.74) is -5.74. The van der Waals surface area contributed by atoms with Gasteiger partial charge in [0.15, 0.2) is 23.3 Å². The first kappa shape index (κ1) is 38.3. The second-order valence-corrected chi connectivity index (χ2v) is 14.0. The van der Waals surface area contributed by atoms with Crippen LogP contribution in [0.5, 0.6) is 11.9 Å². The summed E-state index contributed by atoms with van der Waals surface area (Å²) in [6, 6.07) is -0.0181. The van der Waals surface area contributed by atoms with Crippen molar-refractivity contribution in [1.82, 2.24) is 20.2 Å². The van der Waals surface area contributed by atoms with Gasteiger partial charge in [-0.05, 0) is 59.8 Å². The number of thioether (sulfide) groups is 1. The number of benzene rings is 1. The zero-order valence-corrected chi connectivity index (χ0v) is 28.9. The fourth-order valence-electron chi connectivity index (χ4n) is 4.73. The number of methoxy groups -OCH3 is 1. The third kappa shape index (κ3) is 9.39. The summed E-state index contributed by atoms with van der Waals surface area (Å²) in [5.74, 6) is -3.41. The van der Waals surface area contributed by atoms with Crippen molar-refractivity contribution < 1.29 is 54.9 Å². The number of nitrogens with zero attached hydrogens (tertiary/aromatic N) is 4. The number of amides is 2. The molecule has 0 bridgehead atoms. The zero-order chi connectivity index (χ0) is 37.3. The van der Waals surface area contributed by atoms with Crippen molar-refractivity contribution in [2.45, 2.75) is 71.2 Å². The zero-order valence-electron chi connectivity index (χ0n) is 28.1. The molecule has 18 heteroatoms. The number of halogens is 6. The Morgan fingerprint density at radius 1 is 1.06 bits per heavy atom. The molecule has 3 heterocycles. The van der Waals surface area contributed by atoms with Gasteiger partial charge in [-0.3, -0.25) is 5.32 Å². The van der Waals surface area contributed by atoms with E-state index in [1.54, 1.807) is 41.5 Å². The van der Waals surface area contributed by atoms with Gasteiger partial charge in [-0.1, -0.05) is 18.3 Å². The van der Waals surface area contributed by atoms with Crippen molar-refractivity contribution in [2.75, 3.05) is 26.0 Å². The van der Waals surface area contributed by atoms with Crippen LogP contribution in [0.3, 0.4) is 0 Å². The number of aliphatic imine (C=N–C) groups is 1. The number of carbonyl (C=O) groups is 2. The fourth-order valence-corrected chi connectivity index (χ4v) is 5.55. The van der Waals surface area contributed by atoms with E-state index in [0.29, 0.717) is 6.07 Å². The number of allylic oxidation sites excluding steroid dienone is 4. The molecule has 2 amide bonds. The second-order valence-electron chi connectivity index (χ2n) is 13.1. The van der Waals surface area contributed by atoms with E-state index in [1.807, 2.05) is 0 Å². The molecule has 1 aromatic heterocycles. The Bertz CT molecular complexity index is 1780. The van der Waals surface area contributed by atoms with Gasteiger partial charge in [0.1, 0.15) is 22.5 Å². The molecule has 4 rings (SSSR count). The highest BCUT2D eigenvalue weighted by Crippen LogP contribution is 2.44. The molecule has 11 nitrogen and oxygen atoms in total. The summed E-state index contributed by atoms with van der Waals surface area (Å²) in [4.78, 5) is 37.9. The minimum absolute atomic E-state index is 0.0635. The molecule has 2 unspecified atom stereocenters. The Morgan fingerprint density at radius 2 is 1.72 bits per heavy atom. The van der Waals surface area contributed by atoms with Gasteiger partial charge in [0, 0.05) is 16.9 Å². The lowest BCUT2D eigenvalue weighted by molar-refractivity contribution is -0.137. The van der Waals surface area contributed by atoms with Gasteiger partial charge in [0.2, 0.25) is 5.88 Å².